The van der Waals surface area contributed by atoms with Gasteiger partial charge in [0.1, 0.15) is 0 Å². The number of nitrogens with zero attached hydrogens (tertiary/aromatic N) is 1. The molecule has 0 spiro atoms. The minimum absolute atomic E-state index is 0.198. The van der Waals surface area contributed by atoms with Crippen LogP contribution < -0.4 is 5.32 Å². The number of hydrogen-bond donors (Lipinski definition) is 1. The summed E-state index contributed by atoms with van der Waals surface area (Å²) in [6.45, 7) is 1.58. The molecule has 5 heteroatoms. The molecule has 0 saturated carbocycles. The predicted molar refractivity (Wildman–Crippen MR) is 65.4 cm³/mol. The van der Waals surface area contributed by atoms with Gasteiger partial charge in [0.2, 0.25) is 0 Å². The summed E-state index contributed by atoms with van der Waals surface area (Å²) in [4.78, 5) is 10.1. The fraction of sp³-hybridized carbons (Fsp3) is 0.455. The third-order valence-electron chi connectivity index (χ3n) is 2.07. The zero-order valence-electron chi connectivity index (χ0n) is 8.94. The lowest BCUT2D eigenvalue weighted by molar-refractivity contribution is -0.380. The molecule has 1 N–H and O–H groups in total. The van der Waals surface area contributed by atoms with Gasteiger partial charge in [0.15, 0.2) is 0 Å². The zero-order chi connectivity index (χ0) is 11.8. The Morgan fingerprint density at radius 3 is 3.00 bits per heavy atom. The third kappa shape index (κ3) is 4.43. The summed E-state index contributed by atoms with van der Waals surface area (Å²) < 4.78 is 0. The van der Waals surface area contributed by atoms with Crippen LogP contribution in [0.1, 0.15) is 24.8 Å². The van der Waals surface area contributed by atoms with Crippen LogP contribution >= 0.6 is 11.3 Å². The van der Waals surface area contributed by atoms with Crippen molar-refractivity contribution in [3.63, 3.8) is 0 Å². The lowest BCUT2D eigenvalue weighted by Gasteiger charge is -2.00. The molecule has 0 saturated heterocycles. The van der Waals surface area contributed by atoms with Gasteiger partial charge < -0.3 is 5.32 Å². The molecule has 86 valence electrons. The summed E-state index contributed by atoms with van der Waals surface area (Å²) >= 11 is 1.16. The van der Waals surface area contributed by atoms with Gasteiger partial charge in [-0.25, -0.2) is 0 Å². The molecule has 4 nitrogen and oxygen atoms in total. The lowest BCUT2D eigenvalue weighted by atomic mass is 10.2. The van der Waals surface area contributed by atoms with E-state index < -0.39 is 0 Å². The van der Waals surface area contributed by atoms with Crippen molar-refractivity contribution in [1.29, 1.82) is 0 Å². The maximum absolute atomic E-state index is 10.4. The number of nitro groups is 1. The number of thiophene rings is 1. The normalized spacial score (nSPS) is 9.94. The van der Waals surface area contributed by atoms with Crippen molar-refractivity contribution in [2.75, 3.05) is 6.54 Å². The van der Waals surface area contributed by atoms with E-state index >= 15 is 0 Å². The first-order chi connectivity index (χ1) is 7.74. The lowest BCUT2D eigenvalue weighted by Crippen LogP contribution is -2.13. The average molecular weight is 238 g/mol. The molecule has 1 aromatic rings. The molecule has 0 aliphatic carbocycles. The van der Waals surface area contributed by atoms with Crippen molar-refractivity contribution in [3.8, 4) is 12.3 Å². The van der Waals surface area contributed by atoms with Crippen LogP contribution in [0, 0.1) is 22.5 Å². The Bertz CT molecular complexity index is 382. The number of terminal acetylenes is 1. The van der Waals surface area contributed by atoms with Crippen molar-refractivity contribution >= 4 is 16.3 Å². The standard InChI is InChI=1S/C11H14N2O2S/c1-2-3-4-5-6-12-8-10-7-11(13(14)15)16-9-10/h1,7,9,12H,3-6,8H2. The summed E-state index contributed by atoms with van der Waals surface area (Å²) in [7, 11) is 0. The maximum atomic E-state index is 10.4. The van der Waals surface area contributed by atoms with E-state index in [-0.39, 0.29) is 9.92 Å². The Morgan fingerprint density at radius 1 is 1.56 bits per heavy atom. The predicted octanol–water partition coefficient (Wildman–Crippen LogP) is 2.55. The molecular formula is C11H14N2O2S. The number of rotatable bonds is 7. The van der Waals surface area contributed by atoms with Crippen molar-refractivity contribution in [2.24, 2.45) is 0 Å². The van der Waals surface area contributed by atoms with Gasteiger partial charge in [-0.3, -0.25) is 10.1 Å². The summed E-state index contributed by atoms with van der Waals surface area (Å²) in [5, 5.41) is 15.7. The summed E-state index contributed by atoms with van der Waals surface area (Å²) in [6.07, 6.45) is 8.00. The molecule has 1 aromatic heterocycles. The average Bonchev–Trinajstić information content (AvgIpc) is 2.72. The molecule has 0 atom stereocenters. The van der Waals surface area contributed by atoms with E-state index in [1.807, 2.05) is 5.38 Å². The van der Waals surface area contributed by atoms with E-state index in [0.29, 0.717) is 6.54 Å². The first-order valence-electron chi connectivity index (χ1n) is 5.10. The van der Waals surface area contributed by atoms with Crippen LogP contribution in [0.3, 0.4) is 0 Å². The fourth-order valence-electron chi connectivity index (χ4n) is 1.26. The Balaban J connectivity index is 2.17. The second-order valence-corrected chi connectivity index (χ2v) is 4.28. The highest BCUT2D eigenvalue weighted by Gasteiger charge is 2.08. The minimum Gasteiger partial charge on any atom is -0.313 e. The van der Waals surface area contributed by atoms with Crippen LogP contribution in [0.15, 0.2) is 11.4 Å². The summed E-state index contributed by atoms with van der Waals surface area (Å²) in [6, 6.07) is 1.61. The number of nitrogens with one attached hydrogen (secondary N) is 1. The van der Waals surface area contributed by atoms with Gasteiger partial charge in [0.05, 0.1) is 4.92 Å². The molecule has 0 fully saturated rings. The fourth-order valence-corrected chi connectivity index (χ4v) is 1.99. The van der Waals surface area contributed by atoms with Gasteiger partial charge in [0, 0.05) is 24.4 Å². The maximum Gasteiger partial charge on any atom is 0.324 e. The SMILES string of the molecule is C#CCCCCNCc1csc([N+](=O)[O-])c1. The van der Waals surface area contributed by atoms with Gasteiger partial charge in [0.25, 0.3) is 0 Å². The third-order valence-corrected chi connectivity index (χ3v) is 3.00. The smallest absolute Gasteiger partial charge is 0.313 e. The molecule has 0 aliphatic rings. The van der Waals surface area contributed by atoms with Crippen LogP contribution in [-0.2, 0) is 6.54 Å². The van der Waals surface area contributed by atoms with E-state index in [2.05, 4.69) is 11.2 Å². The topological polar surface area (TPSA) is 55.2 Å². The molecule has 1 heterocycles. The van der Waals surface area contributed by atoms with Crippen LogP contribution in [0.4, 0.5) is 5.00 Å². The first-order valence-corrected chi connectivity index (χ1v) is 5.98. The van der Waals surface area contributed by atoms with E-state index in [1.165, 1.54) is 0 Å². The van der Waals surface area contributed by atoms with Gasteiger partial charge in [-0.1, -0.05) is 11.3 Å². The zero-order valence-corrected chi connectivity index (χ0v) is 9.76. The highest BCUT2D eigenvalue weighted by atomic mass is 32.1. The Labute approximate surface area is 98.8 Å². The highest BCUT2D eigenvalue weighted by Crippen LogP contribution is 2.22. The van der Waals surface area contributed by atoms with Crippen molar-refractivity contribution in [1.82, 2.24) is 5.32 Å². The second-order valence-electron chi connectivity index (χ2n) is 3.39. The number of hydrogen-bond acceptors (Lipinski definition) is 4. The Kier molecular flexibility index (Phi) is 5.54. The summed E-state index contributed by atoms with van der Waals surface area (Å²) in [5.41, 5.74) is 0.966. The van der Waals surface area contributed by atoms with Gasteiger partial charge >= 0.3 is 5.00 Å². The van der Waals surface area contributed by atoms with E-state index in [0.717, 1.165) is 42.7 Å². The Morgan fingerprint density at radius 2 is 2.38 bits per heavy atom. The first kappa shape index (κ1) is 12.7. The van der Waals surface area contributed by atoms with E-state index in [9.17, 15) is 10.1 Å². The molecule has 16 heavy (non-hydrogen) atoms. The van der Waals surface area contributed by atoms with Gasteiger partial charge in [-0.2, -0.15) is 0 Å². The quantitative estimate of drug-likeness (QED) is 0.344. The van der Waals surface area contributed by atoms with Crippen molar-refractivity contribution in [3.05, 3.63) is 27.1 Å². The monoisotopic (exact) mass is 238 g/mol. The van der Waals surface area contributed by atoms with E-state index in [4.69, 9.17) is 6.42 Å². The van der Waals surface area contributed by atoms with Crippen LogP contribution in [-0.4, -0.2) is 11.5 Å². The minimum atomic E-state index is -0.360. The second kappa shape index (κ2) is 6.99. The van der Waals surface area contributed by atoms with Crippen LogP contribution in [0.5, 0.6) is 0 Å². The van der Waals surface area contributed by atoms with Crippen LogP contribution in [0.25, 0.3) is 0 Å². The Hall–Kier alpha value is -1.38. The number of unbranched alkanes of at least 4 members (excludes halogenated alkanes) is 2. The summed E-state index contributed by atoms with van der Waals surface area (Å²) in [5.74, 6) is 2.59. The van der Waals surface area contributed by atoms with Gasteiger partial charge in [-0.15, -0.1) is 12.3 Å². The molecule has 0 aliphatic heterocycles. The molecular weight excluding hydrogens is 224 g/mol. The highest BCUT2D eigenvalue weighted by molar-refractivity contribution is 7.13. The molecule has 1 rings (SSSR count). The van der Waals surface area contributed by atoms with Crippen molar-refractivity contribution in [2.45, 2.75) is 25.8 Å². The molecule has 0 amide bonds. The van der Waals surface area contributed by atoms with Crippen molar-refractivity contribution < 1.29 is 4.92 Å². The molecule has 0 radical (unpaired) electrons. The van der Waals surface area contributed by atoms with E-state index in [1.54, 1.807) is 6.07 Å². The molecule has 0 unspecified atom stereocenters. The largest absolute Gasteiger partial charge is 0.324 e. The molecule has 0 aromatic carbocycles. The molecule has 0 bridgehead atoms. The van der Waals surface area contributed by atoms with Gasteiger partial charge in [-0.05, 0) is 24.9 Å². The van der Waals surface area contributed by atoms with Crippen LogP contribution in [0.2, 0.25) is 0 Å².